The van der Waals surface area contributed by atoms with Crippen molar-refractivity contribution >= 4 is 28.4 Å². The van der Waals surface area contributed by atoms with Crippen LogP contribution in [0.4, 0.5) is 0 Å². The summed E-state index contributed by atoms with van der Waals surface area (Å²) in [6, 6.07) is 3.97. The van der Waals surface area contributed by atoms with E-state index < -0.39 is 0 Å². The molecule has 1 atom stereocenters. The molecule has 1 saturated heterocycles. The van der Waals surface area contributed by atoms with Crippen LogP contribution in [-0.4, -0.2) is 48.9 Å². The summed E-state index contributed by atoms with van der Waals surface area (Å²) in [5, 5.41) is 10.1. The Bertz CT molecular complexity index is 977. The number of amides is 1. The largest absolute Gasteiger partial charge is 0.342 e. The first-order valence-corrected chi connectivity index (χ1v) is 9.58. The smallest absolute Gasteiger partial charge is 0.281 e. The Labute approximate surface area is 153 Å². The molecule has 0 saturated carbocycles. The molecule has 1 fully saturated rings. The number of aromatic amines is 1. The summed E-state index contributed by atoms with van der Waals surface area (Å²) in [4.78, 5) is 34.5. The summed E-state index contributed by atoms with van der Waals surface area (Å²) in [5.41, 5.74) is 0.500. The topological polar surface area (TPSA) is 96.8 Å². The van der Waals surface area contributed by atoms with E-state index in [0.29, 0.717) is 31.0 Å². The standard InChI is InChI=1S/C17H20N6O2S/c1-11-18-16-15(17(25)19-11)20-21-23(16)10-12-4-2-6-22(9-12)14(24)8-13-5-3-7-26-13/h3,5,7,12H,2,4,6,8-10H2,1H3,(H,18,19,25)/t12-/m0/s1. The highest BCUT2D eigenvalue weighted by molar-refractivity contribution is 7.10. The Hall–Kier alpha value is -2.55. The first-order valence-electron chi connectivity index (χ1n) is 8.70. The van der Waals surface area contributed by atoms with E-state index in [-0.39, 0.29) is 22.9 Å². The molecule has 1 amide bonds. The van der Waals surface area contributed by atoms with Crippen LogP contribution in [0.5, 0.6) is 0 Å². The first kappa shape index (κ1) is 16.9. The molecule has 1 aliphatic heterocycles. The van der Waals surface area contributed by atoms with E-state index in [0.717, 1.165) is 24.3 Å². The van der Waals surface area contributed by atoms with E-state index in [1.54, 1.807) is 22.9 Å². The molecule has 8 nitrogen and oxygen atoms in total. The van der Waals surface area contributed by atoms with Crippen LogP contribution >= 0.6 is 11.3 Å². The molecule has 4 rings (SSSR count). The summed E-state index contributed by atoms with van der Waals surface area (Å²) in [6.07, 6.45) is 2.46. The van der Waals surface area contributed by atoms with Crippen molar-refractivity contribution in [1.29, 1.82) is 0 Å². The van der Waals surface area contributed by atoms with Crippen molar-refractivity contribution in [3.05, 3.63) is 38.6 Å². The molecule has 3 aromatic rings. The van der Waals surface area contributed by atoms with E-state index in [1.165, 1.54) is 0 Å². The van der Waals surface area contributed by atoms with Gasteiger partial charge < -0.3 is 9.88 Å². The summed E-state index contributed by atoms with van der Waals surface area (Å²) in [6.45, 7) is 3.85. The maximum absolute atomic E-state index is 12.6. The second-order valence-electron chi connectivity index (χ2n) is 6.70. The highest BCUT2D eigenvalue weighted by Gasteiger charge is 2.25. The van der Waals surface area contributed by atoms with E-state index in [4.69, 9.17) is 0 Å². The summed E-state index contributed by atoms with van der Waals surface area (Å²) in [5.74, 6) is 0.996. The zero-order valence-electron chi connectivity index (χ0n) is 14.5. The van der Waals surface area contributed by atoms with Gasteiger partial charge in [-0.1, -0.05) is 11.3 Å². The molecule has 136 valence electrons. The molecule has 26 heavy (non-hydrogen) atoms. The summed E-state index contributed by atoms with van der Waals surface area (Å²) < 4.78 is 1.69. The number of carbonyl (C=O) groups is 1. The summed E-state index contributed by atoms with van der Waals surface area (Å²) in [7, 11) is 0. The molecular weight excluding hydrogens is 352 g/mol. The van der Waals surface area contributed by atoms with Crippen LogP contribution in [0.25, 0.3) is 11.2 Å². The number of fused-ring (bicyclic) bond motifs is 1. The number of aromatic nitrogens is 5. The molecule has 0 spiro atoms. The Balaban J connectivity index is 1.47. The van der Waals surface area contributed by atoms with Crippen molar-refractivity contribution in [3.63, 3.8) is 0 Å². The molecule has 0 unspecified atom stereocenters. The van der Waals surface area contributed by atoms with Crippen LogP contribution in [0, 0.1) is 12.8 Å². The molecule has 0 bridgehead atoms. The number of likely N-dealkylation sites (tertiary alicyclic amines) is 1. The third kappa shape index (κ3) is 3.39. The van der Waals surface area contributed by atoms with Crippen molar-refractivity contribution in [2.75, 3.05) is 13.1 Å². The van der Waals surface area contributed by atoms with Crippen LogP contribution in [0.1, 0.15) is 23.5 Å². The number of carbonyl (C=O) groups excluding carboxylic acids is 1. The number of hydrogen-bond acceptors (Lipinski definition) is 6. The van der Waals surface area contributed by atoms with Gasteiger partial charge in [0.2, 0.25) is 5.91 Å². The average Bonchev–Trinajstić information content (AvgIpc) is 3.26. The number of nitrogens with one attached hydrogen (secondary N) is 1. The molecule has 0 aliphatic carbocycles. The molecule has 9 heteroatoms. The van der Waals surface area contributed by atoms with Crippen molar-refractivity contribution < 1.29 is 4.79 Å². The third-order valence-corrected chi connectivity index (χ3v) is 5.58. The van der Waals surface area contributed by atoms with Crippen molar-refractivity contribution in [2.45, 2.75) is 32.7 Å². The fourth-order valence-corrected chi connectivity index (χ4v) is 4.15. The molecule has 1 N–H and O–H groups in total. The van der Waals surface area contributed by atoms with E-state index >= 15 is 0 Å². The lowest BCUT2D eigenvalue weighted by molar-refractivity contribution is -0.132. The normalized spacial score (nSPS) is 17.7. The van der Waals surface area contributed by atoms with Gasteiger partial charge in [0, 0.05) is 24.5 Å². The fraction of sp³-hybridized carbons (Fsp3) is 0.471. The molecular formula is C17H20N6O2S. The number of piperidine rings is 1. The highest BCUT2D eigenvalue weighted by atomic mass is 32.1. The number of nitrogens with zero attached hydrogens (tertiary/aromatic N) is 5. The van der Waals surface area contributed by atoms with Crippen LogP contribution in [0.3, 0.4) is 0 Å². The van der Waals surface area contributed by atoms with Gasteiger partial charge in [-0.3, -0.25) is 9.59 Å². The van der Waals surface area contributed by atoms with Gasteiger partial charge in [0.1, 0.15) is 5.82 Å². The van der Waals surface area contributed by atoms with Crippen molar-refractivity contribution in [2.24, 2.45) is 5.92 Å². The second kappa shape index (κ2) is 6.99. The lowest BCUT2D eigenvalue weighted by Gasteiger charge is -2.32. The number of rotatable bonds is 4. The van der Waals surface area contributed by atoms with Gasteiger partial charge in [0.05, 0.1) is 6.42 Å². The molecule has 0 aromatic carbocycles. The number of aryl methyl sites for hydroxylation is 1. The molecule has 0 radical (unpaired) electrons. The van der Waals surface area contributed by atoms with E-state index in [2.05, 4.69) is 20.3 Å². The Morgan fingerprint density at radius 3 is 3.15 bits per heavy atom. The average molecular weight is 372 g/mol. The van der Waals surface area contributed by atoms with Gasteiger partial charge in [0.25, 0.3) is 5.56 Å². The maximum Gasteiger partial charge on any atom is 0.281 e. The monoisotopic (exact) mass is 372 g/mol. The van der Waals surface area contributed by atoms with Crippen LogP contribution in [-0.2, 0) is 17.8 Å². The predicted molar refractivity (Wildman–Crippen MR) is 98.0 cm³/mol. The van der Waals surface area contributed by atoms with Crippen LogP contribution in [0.2, 0.25) is 0 Å². The predicted octanol–water partition coefficient (Wildman–Crippen LogP) is 1.37. The minimum Gasteiger partial charge on any atom is -0.342 e. The zero-order valence-corrected chi connectivity index (χ0v) is 15.3. The quantitative estimate of drug-likeness (QED) is 0.746. The Morgan fingerprint density at radius 1 is 1.46 bits per heavy atom. The number of hydrogen-bond donors (Lipinski definition) is 1. The minimum absolute atomic E-state index is 0.172. The van der Waals surface area contributed by atoms with Crippen LogP contribution in [0.15, 0.2) is 22.3 Å². The van der Waals surface area contributed by atoms with E-state index in [1.807, 2.05) is 22.4 Å². The molecule has 1 aliphatic rings. The minimum atomic E-state index is -0.268. The number of thiophene rings is 1. The lowest BCUT2D eigenvalue weighted by Crippen LogP contribution is -2.41. The van der Waals surface area contributed by atoms with Gasteiger partial charge in [-0.15, -0.1) is 16.4 Å². The maximum atomic E-state index is 12.6. The van der Waals surface area contributed by atoms with Crippen molar-refractivity contribution in [1.82, 2.24) is 29.9 Å². The van der Waals surface area contributed by atoms with Gasteiger partial charge >= 0.3 is 0 Å². The second-order valence-corrected chi connectivity index (χ2v) is 7.73. The first-order chi connectivity index (χ1) is 12.6. The highest BCUT2D eigenvalue weighted by Crippen LogP contribution is 2.21. The lowest BCUT2D eigenvalue weighted by atomic mass is 9.97. The van der Waals surface area contributed by atoms with E-state index in [9.17, 15) is 9.59 Å². The SMILES string of the molecule is Cc1nc2c(nnn2C[C@H]2CCCN(C(=O)Cc3cccs3)C2)c(=O)[nH]1. The molecule has 3 aromatic heterocycles. The molecule has 4 heterocycles. The van der Waals surface area contributed by atoms with Gasteiger partial charge in [0.15, 0.2) is 11.2 Å². The van der Waals surface area contributed by atoms with Gasteiger partial charge in [-0.25, -0.2) is 9.67 Å². The fourth-order valence-electron chi connectivity index (χ4n) is 3.46. The van der Waals surface area contributed by atoms with Gasteiger partial charge in [-0.05, 0) is 37.1 Å². The van der Waals surface area contributed by atoms with Gasteiger partial charge in [-0.2, -0.15) is 0 Å². The number of H-pyrrole nitrogens is 1. The zero-order chi connectivity index (χ0) is 18.1. The summed E-state index contributed by atoms with van der Waals surface area (Å²) >= 11 is 1.61. The third-order valence-electron chi connectivity index (χ3n) is 4.70. The van der Waals surface area contributed by atoms with Crippen molar-refractivity contribution in [3.8, 4) is 0 Å². The Kier molecular flexibility index (Phi) is 4.54. The van der Waals surface area contributed by atoms with Crippen LogP contribution < -0.4 is 5.56 Å². The Morgan fingerprint density at radius 2 is 2.35 bits per heavy atom.